The van der Waals surface area contributed by atoms with E-state index in [0.29, 0.717) is 0 Å². The third-order valence-electron chi connectivity index (χ3n) is 5.89. The summed E-state index contributed by atoms with van der Waals surface area (Å²) in [4.78, 5) is 11.7. The van der Waals surface area contributed by atoms with E-state index < -0.39 is 0 Å². The second kappa shape index (κ2) is 10.5. The fourth-order valence-corrected chi connectivity index (χ4v) is 3.93. The Hall–Kier alpha value is -2.31. The molecular weight excluding hydrogens is 360 g/mol. The SMILES string of the molecule is CCN1CCN(Cc2ccccc2CNC(=NC)N(C)Cc2cccn2C)CC1. The molecule has 158 valence electrons. The summed E-state index contributed by atoms with van der Waals surface area (Å²) in [6, 6.07) is 13.0. The van der Waals surface area contributed by atoms with Gasteiger partial charge in [-0.25, -0.2) is 0 Å². The Labute approximate surface area is 175 Å². The molecule has 0 unspecified atom stereocenters. The Morgan fingerprint density at radius 1 is 1.03 bits per heavy atom. The van der Waals surface area contributed by atoms with Crippen molar-refractivity contribution in [3.8, 4) is 0 Å². The van der Waals surface area contributed by atoms with Crippen molar-refractivity contribution in [1.82, 2.24) is 24.6 Å². The Bertz CT molecular complexity index is 788. The van der Waals surface area contributed by atoms with Crippen molar-refractivity contribution in [3.63, 3.8) is 0 Å². The largest absolute Gasteiger partial charge is 0.353 e. The molecule has 1 aliphatic rings. The molecule has 0 amide bonds. The average molecular weight is 397 g/mol. The number of hydrogen-bond acceptors (Lipinski definition) is 3. The molecule has 1 N–H and O–H groups in total. The molecule has 3 rings (SSSR count). The number of aliphatic imine (C=N–C) groups is 1. The van der Waals surface area contributed by atoms with Crippen LogP contribution in [0.25, 0.3) is 0 Å². The van der Waals surface area contributed by atoms with Gasteiger partial charge in [0.1, 0.15) is 0 Å². The topological polar surface area (TPSA) is 39.0 Å². The molecule has 1 aromatic carbocycles. The summed E-state index contributed by atoms with van der Waals surface area (Å²) in [7, 11) is 6.01. The summed E-state index contributed by atoms with van der Waals surface area (Å²) in [5.74, 6) is 0.914. The minimum Gasteiger partial charge on any atom is -0.353 e. The van der Waals surface area contributed by atoms with Crippen LogP contribution in [0, 0.1) is 0 Å². The predicted octanol–water partition coefficient (Wildman–Crippen LogP) is 2.37. The highest BCUT2D eigenvalue weighted by atomic mass is 15.3. The highest BCUT2D eigenvalue weighted by Gasteiger charge is 2.17. The van der Waals surface area contributed by atoms with Gasteiger partial charge >= 0.3 is 0 Å². The van der Waals surface area contributed by atoms with Gasteiger partial charge in [-0.2, -0.15) is 0 Å². The fraction of sp³-hybridized carbons (Fsp3) is 0.522. The van der Waals surface area contributed by atoms with Gasteiger partial charge in [-0.1, -0.05) is 31.2 Å². The van der Waals surface area contributed by atoms with Crippen molar-refractivity contribution in [2.75, 3.05) is 46.8 Å². The molecular formula is C23H36N6. The molecule has 0 saturated carbocycles. The summed E-state index contributed by atoms with van der Waals surface area (Å²) in [5.41, 5.74) is 4.02. The van der Waals surface area contributed by atoms with Crippen molar-refractivity contribution in [2.45, 2.75) is 26.6 Å². The lowest BCUT2D eigenvalue weighted by atomic mass is 10.1. The summed E-state index contributed by atoms with van der Waals surface area (Å²) >= 11 is 0. The number of piperazine rings is 1. The van der Waals surface area contributed by atoms with Gasteiger partial charge in [0.2, 0.25) is 0 Å². The van der Waals surface area contributed by atoms with E-state index in [1.807, 2.05) is 7.05 Å². The molecule has 6 nitrogen and oxygen atoms in total. The van der Waals surface area contributed by atoms with Crippen LogP contribution in [0.3, 0.4) is 0 Å². The minimum absolute atomic E-state index is 0.787. The lowest BCUT2D eigenvalue weighted by Gasteiger charge is -2.34. The van der Waals surface area contributed by atoms with Crippen LogP contribution in [0.4, 0.5) is 0 Å². The summed E-state index contributed by atoms with van der Waals surface area (Å²) < 4.78 is 2.15. The third-order valence-corrected chi connectivity index (χ3v) is 5.89. The Morgan fingerprint density at radius 3 is 2.34 bits per heavy atom. The molecule has 0 atom stereocenters. The van der Waals surface area contributed by atoms with E-state index in [2.05, 4.69) is 93.2 Å². The molecule has 2 heterocycles. The van der Waals surface area contributed by atoms with E-state index in [9.17, 15) is 0 Å². The number of guanidine groups is 1. The first-order chi connectivity index (χ1) is 14.1. The van der Waals surface area contributed by atoms with Crippen molar-refractivity contribution in [2.24, 2.45) is 12.0 Å². The zero-order valence-electron chi connectivity index (χ0n) is 18.4. The lowest BCUT2D eigenvalue weighted by molar-refractivity contribution is 0.131. The number of rotatable bonds is 7. The zero-order chi connectivity index (χ0) is 20.6. The van der Waals surface area contributed by atoms with E-state index in [1.54, 1.807) is 0 Å². The monoisotopic (exact) mass is 396 g/mol. The smallest absolute Gasteiger partial charge is 0.194 e. The first-order valence-electron chi connectivity index (χ1n) is 10.6. The number of aromatic nitrogens is 1. The second-order valence-corrected chi connectivity index (χ2v) is 7.85. The van der Waals surface area contributed by atoms with Gasteiger partial charge in [0.25, 0.3) is 0 Å². The first kappa shape index (κ1) is 21.4. The molecule has 6 heteroatoms. The average Bonchev–Trinajstić information content (AvgIpc) is 3.14. The van der Waals surface area contributed by atoms with Crippen LogP contribution in [0.2, 0.25) is 0 Å². The van der Waals surface area contributed by atoms with Crippen LogP contribution < -0.4 is 5.32 Å². The number of benzene rings is 1. The van der Waals surface area contributed by atoms with Crippen LogP contribution in [0.5, 0.6) is 0 Å². The number of likely N-dealkylation sites (N-methyl/N-ethyl adjacent to an activating group) is 1. The lowest BCUT2D eigenvalue weighted by Crippen LogP contribution is -2.45. The maximum atomic E-state index is 4.48. The van der Waals surface area contributed by atoms with Crippen LogP contribution >= 0.6 is 0 Å². The fourth-order valence-electron chi connectivity index (χ4n) is 3.93. The zero-order valence-corrected chi connectivity index (χ0v) is 18.4. The van der Waals surface area contributed by atoms with Crippen LogP contribution in [-0.2, 0) is 26.7 Å². The molecule has 0 aliphatic carbocycles. The molecule has 29 heavy (non-hydrogen) atoms. The van der Waals surface area contributed by atoms with Gasteiger partial charge in [-0.05, 0) is 29.8 Å². The summed E-state index contributed by atoms with van der Waals surface area (Å²) in [6.07, 6.45) is 2.08. The minimum atomic E-state index is 0.787. The van der Waals surface area contributed by atoms with E-state index in [4.69, 9.17) is 0 Å². The summed E-state index contributed by atoms with van der Waals surface area (Å²) in [6.45, 7) is 10.7. The molecule has 0 bridgehead atoms. The van der Waals surface area contributed by atoms with Crippen LogP contribution in [0.1, 0.15) is 23.7 Å². The van der Waals surface area contributed by atoms with Crippen molar-refractivity contribution in [3.05, 3.63) is 59.4 Å². The number of nitrogens with one attached hydrogen (secondary N) is 1. The van der Waals surface area contributed by atoms with Gasteiger partial charge in [0.15, 0.2) is 5.96 Å². The van der Waals surface area contributed by atoms with E-state index >= 15 is 0 Å². The normalized spacial score (nSPS) is 16.2. The quantitative estimate of drug-likeness (QED) is 0.576. The Balaban J connectivity index is 1.57. The first-order valence-corrected chi connectivity index (χ1v) is 10.6. The van der Waals surface area contributed by atoms with Crippen molar-refractivity contribution < 1.29 is 0 Å². The number of nitrogens with zero attached hydrogens (tertiary/aromatic N) is 5. The Kier molecular flexibility index (Phi) is 7.72. The predicted molar refractivity (Wildman–Crippen MR) is 121 cm³/mol. The summed E-state index contributed by atoms with van der Waals surface area (Å²) in [5, 5.41) is 3.55. The maximum absolute atomic E-state index is 4.48. The molecule has 1 aromatic heterocycles. The van der Waals surface area contributed by atoms with E-state index in [1.165, 1.54) is 29.9 Å². The molecule has 0 spiro atoms. The maximum Gasteiger partial charge on any atom is 0.194 e. The van der Waals surface area contributed by atoms with Gasteiger partial charge in [-0.3, -0.25) is 9.89 Å². The molecule has 1 fully saturated rings. The second-order valence-electron chi connectivity index (χ2n) is 7.85. The number of aryl methyl sites for hydroxylation is 1. The van der Waals surface area contributed by atoms with Gasteiger partial charge < -0.3 is 19.7 Å². The molecule has 0 radical (unpaired) electrons. The third kappa shape index (κ3) is 5.84. The molecule has 1 saturated heterocycles. The van der Waals surface area contributed by atoms with Crippen molar-refractivity contribution >= 4 is 5.96 Å². The standard InChI is InChI=1S/C23H36N6/c1-5-28-13-15-29(16-14-28)18-21-10-7-6-9-20(21)17-25-23(24-2)27(4)19-22-11-8-12-26(22)3/h6-12H,5,13-19H2,1-4H3,(H,24,25). The van der Waals surface area contributed by atoms with Gasteiger partial charge in [0.05, 0.1) is 6.54 Å². The van der Waals surface area contributed by atoms with Crippen molar-refractivity contribution in [1.29, 1.82) is 0 Å². The van der Waals surface area contributed by atoms with E-state index in [-0.39, 0.29) is 0 Å². The molecule has 1 aliphatic heterocycles. The number of hydrogen-bond donors (Lipinski definition) is 1. The van der Waals surface area contributed by atoms with E-state index in [0.717, 1.165) is 45.2 Å². The molecule has 2 aromatic rings. The van der Waals surface area contributed by atoms with Gasteiger partial charge in [-0.15, -0.1) is 0 Å². The highest BCUT2D eigenvalue weighted by Crippen LogP contribution is 2.14. The van der Waals surface area contributed by atoms with Crippen LogP contribution in [-0.4, -0.2) is 72.0 Å². The van der Waals surface area contributed by atoms with Crippen LogP contribution in [0.15, 0.2) is 47.6 Å². The Morgan fingerprint density at radius 2 is 1.72 bits per heavy atom. The highest BCUT2D eigenvalue weighted by molar-refractivity contribution is 5.79. The van der Waals surface area contributed by atoms with Gasteiger partial charge in [0, 0.05) is 72.3 Å².